The first-order valence-corrected chi connectivity index (χ1v) is 21.3. The van der Waals surface area contributed by atoms with Crippen molar-refractivity contribution < 1.29 is 0 Å². The molecule has 62 heavy (non-hydrogen) atoms. The normalized spacial score (nSPS) is 11.5. The van der Waals surface area contributed by atoms with Crippen LogP contribution in [0.5, 0.6) is 0 Å². The second-order valence-corrected chi connectivity index (χ2v) is 16.1. The molecule has 0 amide bonds. The van der Waals surface area contributed by atoms with Crippen LogP contribution in [0.4, 0.5) is 17.1 Å². The molecule has 1 aromatic heterocycles. The highest BCUT2D eigenvalue weighted by atomic mass is 15.1. The summed E-state index contributed by atoms with van der Waals surface area (Å²) >= 11 is 0. The van der Waals surface area contributed by atoms with Gasteiger partial charge in [0.1, 0.15) is 0 Å². The molecule has 0 saturated heterocycles. The molecule has 11 aromatic carbocycles. The number of aromatic nitrogens is 1. The average Bonchev–Trinajstić information content (AvgIpc) is 3.70. The van der Waals surface area contributed by atoms with Gasteiger partial charge in [0.25, 0.3) is 0 Å². The van der Waals surface area contributed by atoms with E-state index in [1.54, 1.807) is 0 Å². The van der Waals surface area contributed by atoms with Crippen LogP contribution in [0, 0.1) is 0 Å². The van der Waals surface area contributed by atoms with Crippen molar-refractivity contribution in [3.8, 4) is 39.1 Å². The number of nitrogens with zero attached hydrogens (tertiary/aromatic N) is 2. The van der Waals surface area contributed by atoms with Gasteiger partial charge in [0.15, 0.2) is 0 Å². The molecule has 12 rings (SSSR count). The number of para-hydroxylation sites is 2. The van der Waals surface area contributed by atoms with Crippen LogP contribution < -0.4 is 4.90 Å². The van der Waals surface area contributed by atoms with Crippen molar-refractivity contribution in [1.29, 1.82) is 0 Å². The van der Waals surface area contributed by atoms with E-state index in [0.29, 0.717) is 0 Å². The zero-order valence-corrected chi connectivity index (χ0v) is 34.0. The summed E-state index contributed by atoms with van der Waals surface area (Å²) in [5.41, 5.74) is 14.0. The van der Waals surface area contributed by atoms with Crippen molar-refractivity contribution in [3.05, 3.63) is 243 Å². The van der Waals surface area contributed by atoms with Gasteiger partial charge in [0.2, 0.25) is 0 Å². The summed E-state index contributed by atoms with van der Waals surface area (Å²) in [4.78, 5) is 2.40. The molecule has 290 valence electrons. The topological polar surface area (TPSA) is 8.17 Å². The first-order valence-electron chi connectivity index (χ1n) is 21.3. The molecule has 0 N–H and O–H groups in total. The zero-order valence-electron chi connectivity index (χ0n) is 34.0. The SMILES string of the molecule is c1ccc(-c2ccccc2N(c2ccc(-c3cccc(-n4c5ccccc5c5ccc6ccccc6c54)c3)cc2)c2ccc(-c3cc4ccccc4c4ccccc34)cc2)cc1. The van der Waals surface area contributed by atoms with Gasteiger partial charge in [-0.2, -0.15) is 0 Å². The summed E-state index contributed by atoms with van der Waals surface area (Å²) < 4.78 is 2.44. The van der Waals surface area contributed by atoms with E-state index < -0.39 is 0 Å². The van der Waals surface area contributed by atoms with Crippen LogP contribution in [-0.4, -0.2) is 4.57 Å². The Morgan fingerprint density at radius 1 is 0.290 bits per heavy atom. The fourth-order valence-corrected chi connectivity index (χ4v) is 9.67. The summed E-state index contributed by atoms with van der Waals surface area (Å²) in [5.74, 6) is 0. The molecule has 1 heterocycles. The van der Waals surface area contributed by atoms with Crippen molar-refractivity contribution in [2.75, 3.05) is 4.90 Å². The smallest absolute Gasteiger partial charge is 0.0619 e. The van der Waals surface area contributed by atoms with E-state index in [9.17, 15) is 0 Å². The van der Waals surface area contributed by atoms with Gasteiger partial charge in [0.05, 0.1) is 16.7 Å². The monoisotopic (exact) mass is 788 g/mol. The highest BCUT2D eigenvalue weighted by Crippen LogP contribution is 2.43. The third-order valence-corrected chi connectivity index (χ3v) is 12.6. The summed E-state index contributed by atoms with van der Waals surface area (Å²) in [6.45, 7) is 0. The van der Waals surface area contributed by atoms with Crippen molar-refractivity contribution in [3.63, 3.8) is 0 Å². The molecule has 0 unspecified atom stereocenters. The van der Waals surface area contributed by atoms with Crippen LogP contribution >= 0.6 is 0 Å². The van der Waals surface area contributed by atoms with Crippen LogP contribution in [0.25, 0.3) is 93.2 Å². The van der Waals surface area contributed by atoms with E-state index in [4.69, 9.17) is 0 Å². The lowest BCUT2D eigenvalue weighted by molar-refractivity contribution is 1.19. The summed E-state index contributed by atoms with van der Waals surface area (Å²) in [6.07, 6.45) is 0. The first-order chi connectivity index (χ1) is 30.8. The van der Waals surface area contributed by atoms with Crippen LogP contribution in [0.3, 0.4) is 0 Å². The first kappa shape index (κ1) is 35.7. The Morgan fingerprint density at radius 2 is 0.871 bits per heavy atom. The number of rotatable bonds is 7. The van der Waals surface area contributed by atoms with Gasteiger partial charge in [-0.05, 0) is 109 Å². The number of anilines is 3. The van der Waals surface area contributed by atoms with E-state index in [1.165, 1.54) is 81.9 Å². The van der Waals surface area contributed by atoms with E-state index in [2.05, 4.69) is 252 Å². The average molecular weight is 789 g/mol. The van der Waals surface area contributed by atoms with Gasteiger partial charge >= 0.3 is 0 Å². The van der Waals surface area contributed by atoms with Gasteiger partial charge < -0.3 is 9.47 Å². The molecule has 0 aliphatic heterocycles. The van der Waals surface area contributed by atoms with Gasteiger partial charge in [-0.25, -0.2) is 0 Å². The highest BCUT2D eigenvalue weighted by molar-refractivity contribution is 6.19. The molecule has 0 saturated carbocycles. The molecule has 0 bridgehead atoms. The maximum atomic E-state index is 2.44. The van der Waals surface area contributed by atoms with E-state index in [0.717, 1.165) is 28.3 Å². The molecular formula is C60H40N2. The summed E-state index contributed by atoms with van der Waals surface area (Å²) in [5, 5.41) is 10.1. The fraction of sp³-hybridized carbons (Fsp3) is 0. The minimum Gasteiger partial charge on any atom is -0.310 e. The van der Waals surface area contributed by atoms with Crippen LogP contribution in [0.1, 0.15) is 0 Å². The van der Waals surface area contributed by atoms with Crippen LogP contribution in [-0.2, 0) is 0 Å². The minimum absolute atomic E-state index is 1.09. The van der Waals surface area contributed by atoms with Gasteiger partial charge in [-0.15, -0.1) is 0 Å². The lowest BCUT2D eigenvalue weighted by Gasteiger charge is -2.28. The number of fused-ring (bicyclic) bond motifs is 8. The standard InChI is InChI=1S/C60H40N2/c1-2-15-42(16-3-1)51-22-10-12-27-58(51)61(48-36-31-44(32-37-48)57-40-46-18-5-6-21-50(46)53-24-8-9-25-54(53)57)47-34-29-41(30-35-47)45-19-14-20-49(39-45)62-59-28-13-11-26-55(59)56-38-33-43-17-4-7-23-52(43)60(56)62/h1-40H. The van der Waals surface area contributed by atoms with E-state index in [-0.39, 0.29) is 0 Å². The van der Waals surface area contributed by atoms with Gasteiger partial charge in [0, 0.05) is 38.8 Å². The van der Waals surface area contributed by atoms with Crippen molar-refractivity contribution in [2.24, 2.45) is 0 Å². The molecule has 0 atom stereocenters. The molecule has 0 radical (unpaired) electrons. The third kappa shape index (κ3) is 5.96. The number of benzene rings is 11. The Balaban J connectivity index is 0.970. The Kier molecular flexibility index (Phi) is 8.53. The van der Waals surface area contributed by atoms with Crippen molar-refractivity contribution in [2.45, 2.75) is 0 Å². The predicted molar refractivity (Wildman–Crippen MR) is 264 cm³/mol. The summed E-state index contributed by atoms with van der Waals surface area (Å²) in [7, 11) is 0. The number of hydrogen-bond donors (Lipinski definition) is 0. The second-order valence-electron chi connectivity index (χ2n) is 16.1. The Morgan fingerprint density at radius 3 is 1.66 bits per heavy atom. The molecule has 0 fully saturated rings. The second kappa shape index (κ2) is 14.8. The molecule has 0 aliphatic rings. The third-order valence-electron chi connectivity index (χ3n) is 12.6. The van der Waals surface area contributed by atoms with E-state index in [1.807, 2.05) is 0 Å². The van der Waals surface area contributed by atoms with E-state index >= 15 is 0 Å². The van der Waals surface area contributed by atoms with Crippen molar-refractivity contribution in [1.82, 2.24) is 4.57 Å². The fourth-order valence-electron chi connectivity index (χ4n) is 9.67. The largest absolute Gasteiger partial charge is 0.310 e. The zero-order chi connectivity index (χ0) is 41.0. The maximum absolute atomic E-state index is 2.44. The Bertz CT molecular complexity index is 3620. The van der Waals surface area contributed by atoms with Gasteiger partial charge in [-0.1, -0.05) is 188 Å². The minimum atomic E-state index is 1.09. The molecular weight excluding hydrogens is 749 g/mol. The Labute approximate surface area is 360 Å². The lowest BCUT2D eigenvalue weighted by atomic mass is 9.93. The predicted octanol–water partition coefficient (Wildman–Crippen LogP) is 16.7. The molecule has 2 nitrogen and oxygen atoms in total. The van der Waals surface area contributed by atoms with Crippen LogP contribution in [0.2, 0.25) is 0 Å². The van der Waals surface area contributed by atoms with Crippen molar-refractivity contribution >= 4 is 71.2 Å². The Hall–Kier alpha value is -8.20. The van der Waals surface area contributed by atoms with Crippen LogP contribution in [0.15, 0.2) is 243 Å². The number of hydrogen-bond acceptors (Lipinski definition) is 1. The molecule has 0 aliphatic carbocycles. The van der Waals surface area contributed by atoms with Gasteiger partial charge in [-0.3, -0.25) is 0 Å². The lowest BCUT2D eigenvalue weighted by Crippen LogP contribution is -2.11. The molecule has 2 heteroatoms. The quantitative estimate of drug-likeness (QED) is 0.146. The maximum Gasteiger partial charge on any atom is 0.0619 e. The summed E-state index contributed by atoms with van der Waals surface area (Å²) in [6, 6.07) is 88.4. The highest BCUT2D eigenvalue weighted by Gasteiger charge is 2.19. The molecule has 0 spiro atoms. The molecule has 12 aromatic rings.